The summed E-state index contributed by atoms with van der Waals surface area (Å²) in [7, 11) is 0. The summed E-state index contributed by atoms with van der Waals surface area (Å²) in [6.45, 7) is 9.40. The Hall–Kier alpha value is -2.04. The van der Waals surface area contributed by atoms with Crippen LogP contribution in [-0.4, -0.2) is 24.5 Å². The van der Waals surface area contributed by atoms with E-state index in [2.05, 4.69) is 19.2 Å². The molecule has 0 unspecified atom stereocenters. The number of amides is 1. The van der Waals surface area contributed by atoms with Gasteiger partial charge in [0.15, 0.2) is 6.61 Å². The summed E-state index contributed by atoms with van der Waals surface area (Å²) >= 11 is 0. The zero-order valence-electron chi connectivity index (χ0n) is 13.8. The highest BCUT2D eigenvalue weighted by Gasteiger charge is 2.17. The number of hydrogen-bond acceptors (Lipinski definition) is 4. The number of carbonyl (C=O) groups is 2. The SMILES string of the molecule is Cc1cc(OCC(=O)N[C@@H](C(=O)[O-])C(C)C)ccc1C(C)C. The van der Waals surface area contributed by atoms with Gasteiger partial charge in [-0.2, -0.15) is 0 Å². The number of benzene rings is 1. The minimum Gasteiger partial charge on any atom is -0.548 e. The van der Waals surface area contributed by atoms with Crippen LogP contribution >= 0.6 is 0 Å². The van der Waals surface area contributed by atoms with Gasteiger partial charge in [0.2, 0.25) is 0 Å². The van der Waals surface area contributed by atoms with Gasteiger partial charge in [0.25, 0.3) is 5.91 Å². The fourth-order valence-corrected chi connectivity index (χ4v) is 2.25. The Bertz CT molecular complexity index is 537. The maximum atomic E-state index is 11.8. The zero-order valence-corrected chi connectivity index (χ0v) is 13.8. The smallest absolute Gasteiger partial charge is 0.258 e. The number of aryl methyl sites for hydroxylation is 1. The summed E-state index contributed by atoms with van der Waals surface area (Å²) in [4.78, 5) is 22.7. The molecule has 0 aliphatic rings. The van der Waals surface area contributed by atoms with Gasteiger partial charge in [-0.1, -0.05) is 33.8 Å². The number of carboxylic acids is 1. The Kier molecular flexibility index (Phi) is 6.40. The van der Waals surface area contributed by atoms with Crippen LogP contribution in [0.3, 0.4) is 0 Å². The topological polar surface area (TPSA) is 78.5 Å². The zero-order chi connectivity index (χ0) is 16.9. The van der Waals surface area contributed by atoms with Gasteiger partial charge >= 0.3 is 0 Å². The molecule has 5 nitrogen and oxygen atoms in total. The first kappa shape index (κ1) is 18.0. The van der Waals surface area contributed by atoms with Crippen molar-refractivity contribution in [2.24, 2.45) is 5.92 Å². The van der Waals surface area contributed by atoms with Gasteiger partial charge in [0, 0.05) is 0 Å². The third kappa shape index (κ3) is 5.06. The second kappa shape index (κ2) is 7.82. The molecule has 1 aromatic rings. The molecule has 1 N–H and O–H groups in total. The number of carbonyl (C=O) groups excluding carboxylic acids is 2. The predicted molar refractivity (Wildman–Crippen MR) is 82.5 cm³/mol. The second-order valence-electron chi connectivity index (χ2n) is 6.07. The Morgan fingerprint density at radius 2 is 1.86 bits per heavy atom. The molecule has 0 saturated carbocycles. The van der Waals surface area contributed by atoms with Crippen molar-refractivity contribution in [2.45, 2.75) is 46.6 Å². The molecule has 1 rings (SSSR count). The van der Waals surface area contributed by atoms with E-state index in [1.807, 2.05) is 25.1 Å². The number of carboxylic acid groups (broad SMARTS) is 1. The average Bonchev–Trinajstić information content (AvgIpc) is 2.41. The van der Waals surface area contributed by atoms with Crippen molar-refractivity contribution >= 4 is 11.9 Å². The minimum atomic E-state index is -1.29. The van der Waals surface area contributed by atoms with Crippen LogP contribution in [-0.2, 0) is 9.59 Å². The van der Waals surface area contributed by atoms with Crippen LogP contribution in [0.25, 0.3) is 0 Å². The van der Waals surface area contributed by atoms with Crippen molar-refractivity contribution in [3.05, 3.63) is 29.3 Å². The molecule has 1 amide bonds. The highest BCUT2D eigenvalue weighted by molar-refractivity contribution is 5.83. The van der Waals surface area contributed by atoms with E-state index in [1.54, 1.807) is 13.8 Å². The molecule has 0 spiro atoms. The fourth-order valence-electron chi connectivity index (χ4n) is 2.25. The van der Waals surface area contributed by atoms with Crippen molar-refractivity contribution in [3.63, 3.8) is 0 Å². The van der Waals surface area contributed by atoms with Crippen LogP contribution in [0.5, 0.6) is 5.75 Å². The summed E-state index contributed by atoms with van der Waals surface area (Å²) in [5, 5.41) is 13.3. The molecule has 0 fully saturated rings. The fraction of sp³-hybridized carbons (Fsp3) is 0.529. The summed E-state index contributed by atoms with van der Waals surface area (Å²) in [5.41, 5.74) is 2.33. The van der Waals surface area contributed by atoms with Crippen LogP contribution in [0.15, 0.2) is 18.2 Å². The highest BCUT2D eigenvalue weighted by atomic mass is 16.5. The third-order valence-corrected chi connectivity index (χ3v) is 3.47. The van der Waals surface area contributed by atoms with Crippen molar-refractivity contribution in [1.29, 1.82) is 0 Å². The van der Waals surface area contributed by atoms with Crippen LogP contribution in [0.4, 0.5) is 0 Å². The molecule has 0 aliphatic heterocycles. The van der Waals surface area contributed by atoms with Gasteiger partial charge in [-0.25, -0.2) is 0 Å². The summed E-state index contributed by atoms with van der Waals surface area (Å²) in [6, 6.07) is 4.65. The van der Waals surface area contributed by atoms with Gasteiger partial charge in [0.05, 0.1) is 12.0 Å². The van der Waals surface area contributed by atoms with E-state index >= 15 is 0 Å². The molecule has 0 bridgehead atoms. The average molecular weight is 306 g/mol. The lowest BCUT2D eigenvalue weighted by atomic mass is 9.98. The largest absolute Gasteiger partial charge is 0.548 e. The van der Waals surface area contributed by atoms with Crippen LogP contribution in [0.1, 0.15) is 44.7 Å². The lowest BCUT2D eigenvalue weighted by molar-refractivity contribution is -0.309. The molecule has 0 aliphatic carbocycles. The molecule has 0 aromatic heterocycles. The van der Waals surface area contributed by atoms with Crippen molar-refractivity contribution in [3.8, 4) is 5.75 Å². The highest BCUT2D eigenvalue weighted by Crippen LogP contribution is 2.23. The van der Waals surface area contributed by atoms with Crippen LogP contribution < -0.4 is 15.2 Å². The molecule has 0 heterocycles. The standard InChI is InChI=1S/C17H25NO4/c1-10(2)14-7-6-13(8-12(14)5)22-9-15(19)18-16(11(3)4)17(20)21/h6-8,10-11,16H,9H2,1-5H3,(H,18,19)(H,20,21)/p-1/t16-/m1/s1. The summed E-state index contributed by atoms with van der Waals surface area (Å²) in [5.74, 6) is -1.01. The van der Waals surface area contributed by atoms with Crippen LogP contribution in [0.2, 0.25) is 0 Å². The monoisotopic (exact) mass is 306 g/mol. The Morgan fingerprint density at radius 1 is 1.23 bits per heavy atom. The summed E-state index contributed by atoms with van der Waals surface area (Å²) < 4.78 is 5.42. The van der Waals surface area contributed by atoms with Crippen LogP contribution in [0, 0.1) is 12.8 Å². The molecular weight excluding hydrogens is 282 g/mol. The molecule has 22 heavy (non-hydrogen) atoms. The molecule has 5 heteroatoms. The number of hydrogen-bond donors (Lipinski definition) is 1. The van der Waals surface area contributed by atoms with Gasteiger partial charge < -0.3 is 20.0 Å². The second-order valence-corrected chi connectivity index (χ2v) is 6.07. The summed E-state index contributed by atoms with van der Waals surface area (Å²) in [6.07, 6.45) is 0. The van der Waals surface area contributed by atoms with E-state index in [1.165, 1.54) is 5.56 Å². The first-order valence-corrected chi connectivity index (χ1v) is 7.46. The first-order valence-electron chi connectivity index (χ1n) is 7.46. The third-order valence-electron chi connectivity index (χ3n) is 3.47. The van der Waals surface area contributed by atoms with E-state index in [0.29, 0.717) is 11.7 Å². The van der Waals surface area contributed by atoms with E-state index < -0.39 is 17.9 Å². The van der Waals surface area contributed by atoms with E-state index in [-0.39, 0.29) is 12.5 Å². The van der Waals surface area contributed by atoms with E-state index in [9.17, 15) is 14.7 Å². The van der Waals surface area contributed by atoms with Crippen molar-refractivity contribution < 1.29 is 19.4 Å². The quantitative estimate of drug-likeness (QED) is 0.825. The number of ether oxygens (including phenoxy) is 1. The van der Waals surface area contributed by atoms with Gasteiger partial charge in [-0.3, -0.25) is 4.79 Å². The molecule has 0 saturated heterocycles. The molecular formula is C17H24NO4-. The maximum Gasteiger partial charge on any atom is 0.258 e. The first-order chi connectivity index (χ1) is 10.2. The minimum absolute atomic E-state index is 0.225. The van der Waals surface area contributed by atoms with Gasteiger partial charge in [-0.15, -0.1) is 0 Å². The van der Waals surface area contributed by atoms with Gasteiger partial charge in [-0.05, 0) is 42.0 Å². The van der Waals surface area contributed by atoms with Crippen molar-refractivity contribution in [1.82, 2.24) is 5.32 Å². The lowest BCUT2D eigenvalue weighted by Gasteiger charge is -2.23. The molecule has 0 radical (unpaired) electrons. The van der Waals surface area contributed by atoms with E-state index in [0.717, 1.165) is 5.56 Å². The Morgan fingerprint density at radius 3 is 2.32 bits per heavy atom. The van der Waals surface area contributed by atoms with Gasteiger partial charge in [0.1, 0.15) is 5.75 Å². The Labute approximate surface area is 131 Å². The Balaban J connectivity index is 2.61. The molecule has 122 valence electrons. The van der Waals surface area contributed by atoms with E-state index in [4.69, 9.17) is 4.74 Å². The predicted octanol–water partition coefficient (Wildman–Crippen LogP) is 1.39. The number of rotatable bonds is 7. The number of aliphatic carboxylic acids is 1. The molecule has 1 atom stereocenters. The van der Waals surface area contributed by atoms with Crippen molar-refractivity contribution in [2.75, 3.05) is 6.61 Å². The lowest BCUT2D eigenvalue weighted by Crippen LogP contribution is -2.51. The number of nitrogens with one attached hydrogen (secondary N) is 1. The molecule has 1 aromatic carbocycles. The normalized spacial score (nSPS) is 12.3. The maximum absolute atomic E-state index is 11.8.